The highest BCUT2D eigenvalue weighted by molar-refractivity contribution is 8.13. The van der Waals surface area contributed by atoms with Gasteiger partial charge in [0.05, 0.1) is 7.11 Å². The van der Waals surface area contributed by atoms with Crippen LogP contribution in [0.2, 0.25) is 5.15 Å². The lowest BCUT2D eigenvalue weighted by atomic mass is 10.3. The lowest BCUT2D eigenvalue weighted by Gasteiger charge is -2.08. The number of pyridine rings is 1. The predicted molar refractivity (Wildman–Crippen MR) is 53.8 cm³/mol. The van der Waals surface area contributed by atoms with E-state index in [-0.39, 0.29) is 10.9 Å². The molecule has 1 heterocycles. The van der Waals surface area contributed by atoms with Gasteiger partial charge in [-0.1, -0.05) is 11.6 Å². The Morgan fingerprint density at radius 2 is 2.06 bits per heavy atom. The van der Waals surface area contributed by atoms with Crippen molar-refractivity contribution in [3.05, 3.63) is 16.9 Å². The Labute approximate surface area is 99.6 Å². The Morgan fingerprint density at radius 1 is 1.50 bits per heavy atom. The first kappa shape index (κ1) is 13.4. The van der Waals surface area contributed by atoms with E-state index in [0.29, 0.717) is 0 Å². The van der Waals surface area contributed by atoms with E-state index in [9.17, 15) is 17.2 Å². The molecule has 0 aliphatic heterocycles. The van der Waals surface area contributed by atoms with Gasteiger partial charge in [-0.05, 0) is 0 Å². The van der Waals surface area contributed by atoms with E-state index in [1.165, 1.54) is 7.11 Å². The van der Waals surface area contributed by atoms with Crippen LogP contribution in [0.5, 0.6) is 5.75 Å². The average Bonchev–Trinajstić information content (AvgIpc) is 2.15. The van der Waals surface area contributed by atoms with Gasteiger partial charge >= 0.3 is 0 Å². The highest BCUT2D eigenvalue weighted by atomic mass is 35.7. The zero-order valence-corrected chi connectivity index (χ0v) is 10.1. The third-order valence-corrected chi connectivity index (χ3v) is 3.25. The number of methoxy groups -OCH3 is 1. The second-order valence-electron chi connectivity index (χ2n) is 2.60. The van der Waals surface area contributed by atoms with Gasteiger partial charge in [0, 0.05) is 16.7 Å². The average molecular weight is 292 g/mol. The van der Waals surface area contributed by atoms with Crippen molar-refractivity contribution in [2.24, 2.45) is 0 Å². The maximum atomic E-state index is 12.5. The zero-order valence-electron chi connectivity index (χ0n) is 7.75. The third kappa shape index (κ3) is 2.72. The minimum Gasteiger partial charge on any atom is -0.493 e. The molecule has 0 unspecified atom stereocenters. The molecule has 0 N–H and O–H groups in total. The van der Waals surface area contributed by atoms with Crippen molar-refractivity contribution in [1.82, 2.24) is 4.98 Å². The molecule has 0 amide bonds. The molecule has 0 radical (unpaired) electrons. The SMILES string of the molecule is COc1cc(S(=O)(=O)Cl)c(C(F)F)nc1Cl. The second-order valence-corrected chi connectivity index (χ2v) is 5.50. The zero-order chi connectivity index (χ0) is 12.5. The summed E-state index contributed by atoms with van der Waals surface area (Å²) in [5, 5.41) is -0.359. The molecular weight excluding hydrogens is 287 g/mol. The summed E-state index contributed by atoms with van der Waals surface area (Å²) in [6.07, 6.45) is -3.10. The first-order valence-corrected chi connectivity index (χ1v) is 6.43. The van der Waals surface area contributed by atoms with Gasteiger partial charge in [0.1, 0.15) is 10.6 Å². The van der Waals surface area contributed by atoms with Crippen LogP contribution in [0.4, 0.5) is 8.78 Å². The number of nitrogens with zero attached hydrogens (tertiary/aromatic N) is 1. The topological polar surface area (TPSA) is 56.3 Å². The summed E-state index contributed by atoms with van der Waals surface area (Å²) in [5.41, 5.74) is -0.999. The van der Waals surface area contributed by atoms with Crippen LogP contribution < -0.4 is 4.74 Å². The van der Waals surface area contributed by atoms with Gasteiger partial charge in [-0.2, -0.15) is 0 Å². The molecule has 0 spiro atoms. The molecule has 0 aliphatic carbocycles. The number of ether oxygens (including phenoxy) is 1. The first-order valence-electron chi connectivity index (χ1n) is 3.74. The van der Waals surface area contributed by atoms with Crippen LogP contribution in [0, 0.1) is 0 Å². The summed E-state index contributed by atoms with van der Waals surface area (Å²) in [5.74, 6) is -0.148. The minimum atomic E-state index is -4.34. The van der Waals surface area contributed by atoms with Crippen molar-refractivity contribution in [2.75, 3.05) is 7.11 Å². The van der Waals surface area contributed by atoms with Gasteiger partial charge in [-0.3, -0.25) is 0 Å². The van der Waals surface area contributed by atoms with Crippen molar-refractivity contribution in [1.29, 1.82) is 0 Å². The van der Waals surface area contributed by atoms with Crippen LogP contribution in [-0.2, 0) is 9.05 Å². The number of aromatic nitrogens is 1. The Kier molecular flexibility index (Phi) is 3.92. The number of halogens is 4. The summed E-state index contributed by atoms with van der Waals surface area (Å²) in [6, 6.07) is 0.805. The monoisotopic (exact) mass is 291 g/mol. The molecule has 1 aromatic heterocycles. The third-order valence-electron chi connectivity index (χ3n) is 1.63. The van der Waals surface area contributed by atoms with Gasteiger partial charge < -0.3 is 4.74 Å². The Bertz CT molecular complexity index is 507. The fourth-order valence-corrected chi connectivity index (χ4v) is 2.19. The molecule has 1 rings (SSSR count). The van der Waals surface area contributed by atoms with E-state index in [1.54, 1.807) is 0 Å². The molecule has 0 aliphatic rings. The van der Waals surface area contributed by atoms with Gasteiger partial charge in [0.2, 0.25) is 0 Å². The fraction of sp³-hybridized carbons (Fsp3) is 0.286. The molecule has 1 aromatic rings. The highest BCUT2D eigenvalue weighted by Crippen LogP contribution is 2.33. The number of hydrogen-bond acceptors (Lipinski definition) is 4. The van der Waals surface area contributed by atoms with Crippen molar-refractivity contribution < 1.29 is 21.9 Å². The molecule has 4 nitrogen and oxygen atoms in total. The van der Waals surface area contributed by atoms with Crippen LogP contribution in [0.3, 0.4) is 0 Å². The van der Waals surface area contributed by atoms with E-state index in [0.717, 1.165) is 6.07 Å². The van der Waals surface area contributed by atoms with E-state index < -0.39 is 26.1 Å². The lowest BCUT2D eigenvalue weighted by Crippen LogP contribution is -2.03. The minimum absolute atomic E-state index is 0.148. The van der Waals surface area contributed by atoms with E-state index in [2.05, 4.69) is 9.72 Å². The van der Waals surface area contributed by atoms with Crippen LogP contribution in [-0.4, -0.2) is 20.5 Å². The molecule has 16 heavy (non-hydrogen) atoms. The summed E-state index contributed by atoms with van der Waals surface area (Å²) < 4.78 is 51.7. The van der Waals surface area contributed by atoms with Crippen molar-refractivity contribution in [3.63, 3.8) is 0 Å². The molecule has 90 valence electrons. The largest absolute Gasteiger partial charge is 0.493 e. The first-order chi connectivity index (χ1) is 7.27. The van der Waals surface area contributed by atoms with Gasteiger partial charge in [-0.15, -0.1) is 0 Å². The maximum Gasteiger partial charge on any atom is 0.281 e. The molecule has 0 fully saturated rings. The van der Waals surface area contributed by atoms with E-state index in [4.69, 9.17) is 22.3 Å². The molecule has 9 heteroatoms. The highest BCUT2D eigenvalue weighted by Gasteiger charge is 2.26. The van der Waals surface area contributed by atoms with Crippen molar-refractivity contribution in [2.45, 2.75) is 11.3 Å². The molecular formula is C7H5Cl2F2NO3S. The van der Waals surface area contributed by atoms with Crippen LogP contribution in [0.25, 0.3) is 0 Å². The predicted octanol–water partition coefficient (Wildman–Crippen LogP) is 2.61. The van der Waals surface area contributed by atoms with Crippen LogP contribution >= 0.6 is 22.3 Å². The lowest BCUT2D eigenvalue weighted by molar-refractivity contribution is 0.142. The van der Waals surface area contributed by atoms with E-state index >= 15 is 0 Å². The number of hydrogen-bond donors (Lipinski definition) is 0. The Morgan fingerprint density at radius 3 is 2.44 bits per heavy atom. The van der Waals surface area contributed by atoms with Crippen molar-refractivity contribution >= 4 is 31.3 Å². The van der Waals surface area contributed by atoms with Gasteiger partial charge in [0.15, 0.2) is 10.9 Å². The summed E-state index contributed by atoms with van der Waals surface area (Å²) in [4.78, 5) is 2.42. The van der Waals surface area contributed by atoms with Gasteiger partial charge in [-0.25, -0.2) is 22.2 Å². The van der Waals surface area contributed by atoms with Crippen LogP contribution in [0.15, 0.2) is 11.0 Å². The smallest absolute Gasteiger partial charge is 0.281 e. The Hall–Kier alpha value is -0.660. The summed E-state index contributed by atoms with van der Waals surface area (Å²) in [6.45, 7) is 0. The number of rotatable bonds is 3. The summed E-state index contributed by atoms with van der Waals surface area (Å²) >= 11 is 5.49. The van der Waals surface area contributed by atoms with Gasteiger partial charge in [0.25, 0.3) is 15.5 Å². The second kappa shape index (κ2) is 4.68. The normalized spacial score (nSPS) is 11.9. The molecule has 0 atom stereocenters. The molecule has 0 saturated heterocycles. The molecule has 0 aromatic carbocycles. The van der Waals surface area contributed by atoms with Crippen molar-refractivity contribution in [3.8, 4) is 5.75 Å². The molecule has 0 saturated carbocycles. The van der Waals surface area contributed by atoms with Crippen LogP contribution in [0.1, 0.15) is 12.1 Å². The quantitative estimate of drug-likeness (QED) is 0.634. The Balaban J connectivity index is 3.56. The number of alkyl halides is 2. The standard InChI is InChI=1S/C7H5Cl2F2NO3S/c1-15-3-2-4(16(9,13)14)5(7(10)11)12-6(3)8/h2,7H,1H3. The summed E-state index contributed by atoms with van der Waals surface area (Å²) in [7, 11) is 1.84. The molecule has 0 bridgehead atoms. The van der Waals surface area contributed by atoms with E-state index in [1.807, 2.05) is 0 Å². The fourth-order valence-electron chi connectivity index (χ4n) is 0.963. The maximum absolute atomic E-state index is 12.5.